The van der Waals surface area contributed by atoms with Crippen molar-refractivity contribution in [1.82, 2.24) is 24.8 Å². The number of rotatable bonds is 4. The standard InChI is InChI=1S/C19H21N5O3/c25-17-3-1-2-14(22-17)19(27)24-9-7-15-16(24)6-8-23(15)18(26)5-4-13-10-20-12-21-11-13/h1-3,10-12,15-16H,4-9H2,(H,22,25)/t15-,16+/m0/s1. The van der Waals surface area contributed by atoms with Gasteiger partial charge in [-0.25, -0.2) is 9.97 Å². The summed E-state index contributed by atoms with van der Waals surface area (Å²) in [5.41, 5.74) is 0.958. The molecule has 0 bridgehead atoms. The Kier molecular flexibility index (Phi) is 4.70. The van der Waals surface area contributed by atoms with Gasteiger partial charge in [-0.1, -0.05) is 6.07 Å². The molecule has 2 aliphatic heterocycles. The van der Waals surface area contributed by atoms with Gasteiger partial charge < -0.3 is 14.8 Å². The maximum atomic E-state index is 12.8. The fraction of sp³-hybridized carbons (Fsp3) is 0.421. The summed E-state index contributed by atoms with van der Waals surface area (Å²) in [7, 11) is 0. The van der Waals surface area contributed by atoms with Crippen LogP contribution in [0.15, 0.2) is 41.7 Å². The number of nitrogens with zero attached hydrogens (tertiary/aromatic N) is 4. The lowest BCUT2D eigenvalue weighted by Crippen LogP contribution is -2.42. The topological polar surface area (TPSA) is 99.3 Å². The number of carbonyl (C=O) groups excluding carboxylic acids is 2. The zero-order valence-electron chi connectivity index (χ0n) is 14.9. The number of carbonyl (C=O) groups is 2. The number of fused-ring (bicyclic) bond motifs is 1. The van der Waals surface area contributed by atoms with Crippen LogP contribution in [0.3, 0.4) is 0 Å². The van der Waals surface area contributed by atoms with Crippen molar-refractivity contribution in [2.45, 2.75) is 37.8 Å². The van der Waals surface area contributed by atoms with Crippen molar-refractivity contribution >= 4 is 11.8 Å². The largest absolute Gasteiger partial charge is 0.337 e. The van der Waals surface area contributed by atoms with Gasteiger partial charge in [0, 0.05) is 38.0 Å². The van der Waals surface area contributed by atoms with Gasteiger partial charge in [0.1, 0.15) is 12.0 Å². The van der Waals surface area contributed by atoms with Gasteiger partial charge in [-0.3, -0.25) is 14.4 Å². The molecule has 2 aromatic heterocycles. The Balaban J connectivity index is 1.40. The lowest BCUT2D eigenvalue weighted by molar-refractivity contribution is -0.132. The van der Waals surface area contributed by atoms with E-state index in [1.54, 1.807) is 29.4 Å². The number of pyridine rings is 1. The maximum Gasteiger partial charge on any atom is 0.270 e. The molecule has 140 valence electrons. The van der Waals surface area contributed by atoms with Crippen LogP contribution >= 0.6 is 0 Å². The zero-order chi connectivity index (χ0) is 18.8. The second-order valence-electron chi connectivity index (χ2n) is 6.97. The van der Waals surface area contributed by atoms with Crippen molar-refractivity contribution in [2.24, 2.45) is 0 Å². The molecule has 4 rings (SSSR count). The summed E-state index contributed by atoms with van der Waals surface area (Å²) in [4.78, 5) is 51.2. The molecular formula is C19H21N5O3. The van der Waals surface area contributed by atoms with E-state index in [0.717, 1.165) is 18.4 Å². The van der Waals surface area contributed by atoms with Crippen LogP contribution in [0.1, 0.15) is 35.3 Å². The number of amides is 2. The quantitative estimate of drug-likeness (QED) is 0.854. The van der Waals surface area contributed by atoms with Crippen LogP contribution in [0.2, 0.25) is 0 Å². The van der Waals surface area contributed by atoms with Crippen LogP contribution in [-0.2, 0) is 11.2 Å². The molecule has 0 aromatic carbocycles. The van der Waals surface area contributed by atoms with E-state index >= 15 is 0 Å². The Bertz CT molecular complexity index is 897. The minimum atomic E-state index is -0.287. The van der Waals surface area contributed by atoms with Gasteiger partial charge in [0.05, 0.1) is 12.1 Å². The highest BCUT2D eigenvalue weighted by Gasteiger charge is 2.46. The summed E-state index contributed by atoms with van der Waals surface area (Å²) in [6, 6.07) is 4.67. The SMILES string of the molecule is O=C(c1cccc(=O)[nH]1)N1CC[C@H]2[C@H]1CCN2C(=O)CCc1cncnc1. The number of H-pyrrole nitrogens is 1. The molecule has 4 heterocycles. The highest BCUT2D eigenvalue weighted by atomic mass is 16.2. The Morgan fingerprint density at radius 3 is 2.52 bits per heavy atom. The highest BCUT2D eigenvalue weighted by molar-refractivity contribution is 5.93. The summed E-state index contributed by atoms with van der Waals surface area (Å²) in [5.74, 6) is -0.0651. The van der Waals surface area contributed by atoms with Gasteiger partial charge in [0.2, 0.25) is 11.5 Å². The highest BCUT2D eigenvalue weighted by Crippen LogP contribution is 2.32. The van der Waals surface area contributed by atoms with E-state index in [4.69, 9.17) is 0 Å². The van der Waals surface area contributed by atoms with Crippen LogP contribution in [0.4, 0.5) is 0 Å². The smallest absolute Gasteiger partial charge is 0.270 e. The summed E-state index contributed by atoms with van der Waals surface area (Å²) in [5, 5.41) is 0. The second-order valence-corrected chi connectivity index (χ2v) is 6.97. The molecule has 0 aliphatic carbocycles. The third kappa shape index (κ3) is 3.47. The molecule has 2 aromatic rings. The van der Waals surface area contributed by atoms with Gasteiger partial charge in [0.25, 0.3) is 5.91 Å². The molecule has 0 radical (unpaired) electrons. The fourth-order valence-corrected chi connectivity index (χ4v) is 4.13. The molecule has 1 N–H and O–H groups in total. The van der Waals surface area contributed by atoms with E-state index in [-0.39, 0.29) is 29.5 Å². The van der Waals surface area contributed by atoms with Crippen LogP contribution in [0.5, 0.6) is 0 Å². The van der Waals surface area contributed by atoms with E-state index in [1.807, 2.05) is 4.90 Å². The first kappa shape index (κ1) is 17.4. The number of aromatic nitrogens is 3. The average Bonchev–Trinajstić information content (AvgIpc) is 3.28. The molecule has 2 amide bonds. The van der Waals surface area contributed by atoms with E-state index in [2.05, 4.69) is 15.0 Å². The number of aryl methyl sites for hydroxylation is 1. The molecule has 0 spiro atoms. The summed E-state index contributed by atoms with van der Waals surface area (Å²) in [6.07, 6.45) is 7.49. The first-order valence-corrected chi connectivity index (χ1v) is 9.17. The molecule has 8 heteroatoms. The molecule has 0 saturated carbocycles. The second kappa shape index (κ2) is 7.30. The van der Waals surface area contributed by atoms with Crippen molar-refractivity contribution in [3.63, 3.8) is 0 Å². The Labute approximate surface area is 156 Å². The zero-order valence-corrected chi connectivity index (χ0v) is 14.9. The van der Waals surface area contributed by atoms with E-state index < -0.39 is 0 Å². The van der Waals surface area contributed by atoms with Gasteiger partial charge in [-0.2, -0.15) is 0 Å². The number of hydrogen-bond donors (Lipinski definition) is 1. The maximum absolute atomic E-state index is 12.8. The van der Waals surface area contributed by atoms with Crippen LogP contribution in [0, 0.1) is 0 Å². The minimum absolute atomic E-state index is 0.0187. The van der Waals surface area contributed by atoms with Crippen molar-refractivity contribution in [2.75, 3.05) is 13.1 Å². The van der Waals surface area contributed by atoms with E-state index in [1.165, 1.54) is 12.4 Å². The molecule has 2 aliphatic rings. The monoisotopic (exact) mass is 367 g/mol. The molecule has 27 heavy (non-hydrogen) atoms. The van der Waals surface area contributed by atoms with Crippen molar-refractivity contribution in [1.29, 1.82) is 0 Å². The van der Waals surface area contributed by atoms with Crippen LogP contribution in [0.25, 0.3) is 0 Å². The molecular weight excluding hydrogens is 346 g/mol. The van der Waals surface area contributed by atoms with Crippen molar-refractivity contribution < 1.29 is 9.59 Å². The van der Waals surface area contributed by atoms with Gasteiger partial charge in [-0.15, -0.1) is 0 Å². The first-order chi connectivity index (χ1) is 13.1. The molecule has 2 saturated heterocycles. The number of nitrogens with one attached hydrogen (secondary N) is 1. The normalized spacial score (nSPS) is 21.3. The van der Waals surface area contributed by atoms with Crippen molar-refractivity contribution in [3.05, 3.63) is 58.5 Å². The Morgan fingerprint density at radius 1 is 1.07 bits per heavy atom. The van der Waals surface area contributed by atoms with Gasteiger partial charge in [0.15, 0.2) is 0 Å². The minimum Gasteiger partial charge on any atom is -0.337 e. The lowest BCUT2D eigenvalue weighted by Gasteiger charge is -2.25. The molecule has 8 nitrogen and oxygen atoms in total. The molecule has 2 fully saturated rings. The van der Waals surface area contributed by atoms with E-state index in [0.29, 0.717) is 31.6 Å². The lowest BCUT2D eigenvalue weighted by atomic mass is 10.1. The number of hydrogen-bond acceptors (Lipinski definition) is 5. The van der Waals surface area contributed by atoms with Gasteiger partial charge >= 0.3 is 0 Å². The Hall–Kier alpha value is -3.03. The number of likely N-dealkylation sites (tertiary alicyclic amines) is 2. The fourth-order valence-electron chi connectivity index (χ4n) is 4.13. The Morgan fingerprint density at radius 2 is 1.78 bits per heavy atom. The van der Waals surface area contributed by atoms with Gasteiger partial charge in [-0.05, 0) is 30.9 Å². The van der Waals surface area contributed by atoms with Crippen molar-refractivity contribution in [3.8, 4) is 0 Å². The third-order valence-electron chi connectivity index (χ3n) is 5.40. The predicted octanol–water partition coefficient (Wildman–Crippen LogP) is 0.613. The third-order valence-corrected chi connectivity index (χ3v) is 5.40. The van der Waals surface area contributed by atoms with E-state index in [9.17, 15) is 14.4 Å². The average molecular weight is 367 g/mol. The summed E-state index contributed by atoms with van der Waals surface area (Å²) >= 11 is 0. The predicted molar refractivity (Wildman–Crippen MR) is 97.0 cm³/mol. The number of aromatic amines is 1. The molecule has 2 atom stereocenters. The summed E-state index contributed by atoms with van der Waals surface area (Å²) < 4.78 is 0. The molecule has 0 unspecified atom stereocenters. The van der Waals surface area contributed by atoms with Crippen LogP contribution < -0.4 is 5.56 Å². The summed E-state index contributed by atoms with van der Waals surface area (Å²) in [6.45, 7) is 1.26. The van der Waals surface area contributed by atoms with Crippen LogP contribution in [-0.4, -0.2) is 61.7 Å². The first-order valence-electron chi connectivity index (χ1n) is 9.17.